The molecular formula is C13H22N2OSi. The van der Waals surface area contributed by atoms with Crippen LogP contribution >= 0.6 is 0 Å². The summed E-state index contributed by atoms with van der Waals surface area (Å²) in [5.74, 6) is 0. The lowest BCUT2D eigenvalue weighted by Gasteiger charge is -2.36. The Balaban J connectivity index is 2.75. The van der Waals surface area contributed by atoms with Gasteiger partial charge in [0.2, 0.25) is 0 Å². The molecule has 0 aliphatic carbocycles. The van der Waals surface area contributed by atoms with Gasteiger partial charge in [-0.25, -0.2) is 0 Å². The summed E-state index contributed by atoms with van der Waals surface area (Å²) in [5, 5.41) is 9.10. The first-order chi connectivity index (χ1) is 7.69. The smallest absolute Gasteiger partial charge is 0.192 e. The van der Waals surface area contributed by atoms with E-state index in [1.807, 2.05) is 23.7 Å². The Morgan fingerprint density at radius 3 is 2.35 bits per heavy atom. The summed E-state index contributed by atoms with van der Waals surface area (Å²) in [4.78, 5) is 0. The van der Waals surface area contributed by atoms with E-state index in [0.29, 0.717) is 12.3 Å². The zero-order valence-corrected chi connectivity index (χ0v) is 12.7. The third-order valence-corrected chi connectivity index (χ3v) is 8.21. The van der Waals surface area contributed by atoms with Crippen LogP contribution in [0.15, 0.2) is 12.1 Å². The highest BCUT2D eigenvalue weighted by Crippen LogP contribution is 2.37. The Morgan fingerprint density at radius 2 is 1.94 bits per heavy atom. The molecule has 0 saturated carbocycles. The SMILES string of the molecule is Cn1c(C#N)ccc1CO[Si](C)(C)C(C)(C)C. The van der Waals surface area contributed by atoms with Crippen LogP contribution in [-0.2, 0) is 18.1 Å². The van der Waals surface area contributed by atoms with E-state index in [1.165, 1.54) is 0 Å². The van der Waals surface area contributed by atoms with Gasteiger partial charge in [0.1, 0.15) is 11.8 Å². The van der Waals surface area contributed by atoms with Gasteiger partial charge in [-0.15, -0.1) is 0 Å². The van der Waals surface area contributed by atoms with Crippen LogP contribution in [0, 0.1) is 11.3 Å². The van der Waals surface area contributed by atoms with Crippen molar-refractivity contribution >= 4 is 8.32 Å². The third-order valence-electron chi connectivity index (χ3n) is 3.73. The van der Waals surface area contributed by atoms with E-state index in [2.05, 4.69) is 39.9 Å². The molecule has 1 heterocycles. The van der Waals surface area contributed by atoms with Crippen LogP contribution in [-0.4, -0.2) is 12.9 Å². The average Bonchev–Trinajstić information content (AvgIpc) is 2.55. The van der Waals surface area contributed by atoms with Gasteiger partial charge in [-0.3, -0.25) is 0 Å². The molecule has 0 bridgehead atoms. The maximum atomic E-state index is 8.89. The number of nitriles is 1. The summed E-state index contributed by atoms with van der Waals surface area (Å²) in [6.07, 6.45) is 0. The maximum Gasteiger partial charge on any atom is 0.192 e. The van der Waals surface area contributed by atoms with Crippen LogP contribution in [0.25, 0.3) is 0 Å². The predicted molar refractivity (Wildman–Crippen MR) is 72.1 cm³/mol. The molecular weight excluding hydrogens is 228 g/mol. The lowest BCUT2D eigenvalue weighted by atomic mass is 10.2. The molecule has 0 radical (unpaired) electrons. The summed E-state index contributed by atoms with van der Waals surface area (Å²) in [5.41, 5.74) is 1.74. The first-order valence-corrected chi connectivity index (χ1v) is 8.78. The first-order valence-electron chi connectivity index (χ1n) is 5.88. The molecule has 94 valence electrons. The molecule has 1 aromatic rings. The van der Waals surface area contributed by atoms with Crippen molar-refractivity contribution in [2.45, 2.75) is 45.5 Å². The quantitative estimate of drug-likeness (QED) is 0.771. The fourth-order valence-electron chi connectivity index (χ4n) is 1.28. The molecule has 17 heavy (non-hydrogen) atoms. The van der Waals surface area contributed by atoms with Gasteiger partial charge in [0.15, 0.2) is 8.32 Å². The minimum atomic E-state index is -1.71. The van der Waals surface area contributed by atoms with Crippen LogP contribution in [0.5, 0.6) is 0 Å². The second-order valence-electron chi connectivity index (χ2n) is 5.93. The average molecular weight is 250 g/mol. The third kappa shape index (κ3) is 2.99. The van der Waals surface area contributed by atoms with Gasteiger partial charge in [-0.2, -0.15) is 5.26 Å². The molecule has 1 aromatic heterocycles. The van der Waals surface area contributed by atoms with Crippen molar-refractivity contribution in [1.82, 2.24) is 4.57 Å². The molecule has 0 aliphatic heterocycles. The van der Waals surface area contributed by atoms with Crippen LogP contribution in [0.3, 0.4) is 0 Å². The molecule has 3 nitrogen and oxygen atoms in total. The van der Waals surface area contributed by atoms with Gasteiger partial charge in [-0.05, 0) is 30.3 Å². The molecule has 4 heteroatoms. The van der Waals surface area contributed by atoms with Crippen molar-refractivity contribution in [2.75, 3.05) is 0 Å². The summed E-state index contributed by atoms with van der Waals surface area (Å²) in [7, 11) is 0.198. The van der Waals surface area contributed by atoms with E-state index < -0.39 is 8.32 Å². The number of hydrogen-bond acceptors (Lipinski definition) is 2. The first kappa shape index (κ1) is 14.0. The number of nitrogens with zero attached hydrogens (tertiary/aromatic N) is 2. The van der Waals surface area contributed by atoms with Gasteiger partial charge in [0.25, 0.3) is 0 Å². The summed E-state index contributed by atoms with van der Waals surface area (Å²) < 4.78 is 8.02. The van der Waals surface area contributed by atoms with Crippen LogP contribution in [0.1, 0.15) is 32.2 Å². The maximum absolute atomic E-state index is 8.89. The van der Waals surface area contributed by atoms with Crippen molar-refractivity contribution < 1.29 is 4.43 Å². The van der Waals surface area contributed by atoms with Crippen LogP contribution in [0.4, 0.5) is 0 Å². The van der Waals surface area contributed by atoms with Crippen molar-refractivity contribution in [1.29, 1.82) is 5.26 Å². The predicted octanol–water partition coefficient (Wildman–Crippen LogP) is 3.42. The number of rotatable bonds is 3. The van der Waals surface area contributed by atoms with Gasteiger partial charge in [0.05, 0.1) is 6.61 Å². The van der Waals surface area contributed by atoms with Crippen molar-refractivity contribution in [3.8, 4) is 6.07 Å². The van der Waals surface area contributed by atoms with Crippen molar-refractivity contribution in [2.24, 2.45) is 7.05 Å². The minimum Gasteiger partial charge on any atom is -0.411 e. The van der Waals surface area contributed by atoms with Crippen molar-refractivity contribution in [3.05, 3.63) is 23.5 Å². The molecule has 0 unspecified atom stereocenters. The molecule has 0 amide bonds. The Morgan fingerprint density at radius 1 is 1.35 bits per heavy atom. The lowest BCUT2D eigenvalue weighted by Crippen LogP contribution is -2.40. The Labute approximate surface area is 105 Å². The second kappa shape index (κ2) is 4.67. The Bertz CT molecular complexity index is 435. The van der Waals surface area contributed by atoms with Crippen molar-refractivity contribution in [3.63, 3.8) is 0 Å². The zero-order valence-electron chi connectivity index (χ0n) is 11.7. The fourth-order valence-corrected chi connectivity index (χ4v) is 2.22. The van der Waals surface area contributed by atoms with Gasteiger partial charge < -0.3 is 8.99 Å². The van der Waals surface area contributed by atoms with Gasteiger partial charge in [-0.1, -0.05) is 20.8 Å². The summed E-state index contributed by atoms with van der Waals surface area (Å²) in [6, 6.07) is 5.96. The van der Waals surface area contributed by atoms with Gasteiger partial charge in [0, 0.05) is 12.7 Å². The zero-order chi connectivity index (χ0) is 13.3. The van der Waals surface area contributed by atoms with Crippen LogP contribution < -0.4 is 0 Å². The molecule has 0 aliphatic rings. The second-order valence-corrected chi connectivity index (χ2v) is 10.7. The van der Waals surface area contributed by atoms with Crippen LogP contribution in [0.2, 0.25) is 18.1 Å². The van der Waals surface area contributed by atoms with E-state index in [1.54, 1.807) is 0 Å². The lowest BCUT2D eigenvalue weighted by molar-refractivity contribution is 0.268. The van der Waals surface area contributed by atoms with E-state index >= 15 is 0 Å². The highest BCUT2D eigenvalue weighted by Gasteiger charge is 2.37. The molecule has 0 saturated heterocycles. The topological polar surface area (TPSA) is 38.0 Å². The highest BCUT2D eigenvalue weighted by atomic mass is 28.4. The van der Waals surface area contributed by atoms with Gasteiger partial charge >= 0.3 is 0 Å². The molecule has 0 fully saturated rings. The minimum absolute atomic E-state index is 0.218. The largest absolute Gasteiger partial charge is 0.411 e. The number of aromatic nitrogens is 1. The van der Waals surface area contributed by atoms with E-state index in [4.69, 9.17) is 9.69 Å². The van der Waals surface area contributed by atoms with E-state index in [9.17, 15) is 0 Å². The van der Waals surface area contributed by atoms with E-state index in [0.717, 1.165) is 5.69 Å². The molecule has 0 atom stereocenters. The fraction of sp³-hybridized carbons (Fsp3) is 0.615. The highest BCUT2D eigenvalue weighted by molar-refractivity contribution is 6.74. The number of hydrogen-bond donors (Lipinski definition) is 0. The normalized spacial score (nSPS) is 12.5. The summed E-state index contributed by atoms with van der Waals surface area (Å²) >= 11 is 0. The monoisotopic (exact) mass is 250 g/mol. The standard InChI is InChI=1S/C13H22N2OSi/c1-13(2,3)17(5,6)16-10-12-8-7-11(9-14)15(12)4/h7-8H,10H2,1-6H3. The molecule has 1 rings (SSSR count). The Kier molecular flexibility index (Phi) is 3.85. The summed E-state index contributed by atoms with van der Waals surface area (Å²) in [6.45, 7) is 11.7. The molecule has 0 spiro atoms. The Hall–Kier alpha value is -1.05. The molecule has 0 N–H and O–H groups in total. The van der Waals surface area contributed by atoms with E-state index in [-0.39, 0.29) is 5.04 Å². The molecule has 0 aromatic carbocycles.